The fraction of sp³-hybridized carbons (Fsp3) is 0.0500. The van der Waals surface area contributed by atoms with Gasteiger partial charge in [0.15, 0.2) is 0 Å². The van der Waals surface area contributed by atoms with Crippen LogP contribution in [0.2, 0.25) is 0 Å². The predicted molar refractivity (Wildman–Crippen MR) is 115 cm³/mol. The molecule has 3 aromatic heterocycles. The molecule has 1 fully saturated rings. The fourth-order valence-electron chi connectivity index (χ4n) is 2.82. The van der Waals surface area contributed by atoms with E-state index in [0.717, 1.165) is 20.4 Å². The van der Waals surface area contributed by atoms with Gasteiger partial charge in [-0.05, 0) is 0 Å². The van der Waals surface area contributed by atoms with Crippen LogP contribution in [0.3, 0.4) is 0 Å². The maximum atomic E-state index is 12.4. The van der Waals surface area contributed by atoms with Crippen LogP contribution in [0.1, 0.15) is 4.44 Å². The van der Waals surface area contributed by atoms with Crippen molar-refractivity contribution in [2.45, 2.75) is 0 Å². The van der Waals surface area contributed by atoms with Crippen molar-refractivity contribution in [1.82, 2.24) is 20.2 Å². The van der Waals surface area contributed by atoms with Crippen LogP contribution >= 0.6 is 12.2 Å². The van der Waals surface area contributed by atoms with E-state index in [4.69, 9.17) is 12.2 Å². The molecule has 4 rings (SSSR count). The normalized spacial score (nSPS) is 15.6. The second-order valence-electron chi connectivity index (χ2n) is 6.10. The molecule has 1 aliphatic rings. The van der Waals surface area contributed by atoms with Crippen molar-refractivity contribution in [2.75, 3.05) is 11.9 Å². The molecule has 0 spiro atoms. The number of carbonyl (C=O) groups is 2. The average molecular weight is 468 g/mol. The Morgan fingerprint density at radius 1 is 1.00 bits per heavy atom. The van der Waals surface area contributed by atoms with Crippen LogP contribution in [0.5, 0.6) is 0 Å². The molecule has 0 unspecified atom stereocenters. The zero-order chi connectivity index (χ0) is 20.4. The van der Waals surface area contributed by atoms with Gasteiger partial charge in [-0.1, -0.05) is 0 Å². The van der Waals surface area contributed by atoms with E-state index in [0.29, 0.717) is 0 Å². The van der Waals surface area contributed by atoms with Crippen molar-refractivity contribution in [3.05, 3.63) is 71.2 Å². The number of rotatable bonds is 4. The molecule has 0 atom stereocenters. The van der Waals surface area contributed by atoms with E-state index in [2.05, 4.69) is 20.2 Å². The van der Waals surface area contributed by atoms with E-state index in [-0.39, 0.29) is 25.2 Å². The van der Waals surface area contributed by atoms with Crippen LogP contribution in [-0.2, 0) is 9.59 Å². The molecule has 3 aromatic rings. The standard InChI is InChI=1S/C20H15N5O2SSe/c1-24-19(27)16(18(26)23-20(24)28)12-15-2-3-17(29-15)25(13-4-8-21-9-5-13)14-6-10-22-11-7-14/h2-12H,1H3,(H,23,26,28)/b16-12+. The second kappa shape index (κ2) is 8.08. The first-order valence-electron chi connectivity index (χ1n) is 8.59. The number of amides is 2. The van der Waals surface area contributed by atoms with E-state index >= 15 is 0 Å². The third kappa shape index (κ3) is 3.88. The number of thiocarbonyl (C=S) groups is 1. The monoisotopic (exact) mass is 469 g/mol. The molecule has 0 aliphatic carbocycles. The van der Waals surface area contributed by atoms with Crippen molar-refractivity contribution < 1.29 is 9.59 Å². The van der Waals surface area contributed by atoms with Gasteiger partial charge in [0.2, 0.25) is 0 Å². The number of likely N-dealkylation sites (N-methyl/N-ethyl adjacent to an activating group) is 1. The van der Waals surface area contributed by atoms with Crippen LogP contribution in [0.25, 0.3) is 6.08 Å². The summed E-state index contributed by atoms with van der Waals surface area (Å²) in [6.07, 6.45) is 8.62. The van der Waals surface area contributed by atoms with Gasteiger partial charge < -0.3 is 0 Å². The molecule has 1 aliphatic heterocycles. The van der Waals surface area contributed by atoms with Crippen molar-refractivity contribution >= 4 is 65.7 Å². The second-order valence-corrected chi connectivity index (χ2v) is 8.79. The van der Waals surface area contributed by atoms with Crippen LogP contribution in [-0.4, -0.2) is 53.3 Å². The summed E-state index contributed by atoms with van der Waals surface area (Å²) in [6.45, 7) is 0. The Labute approximate surface area is 178 Å². The summed E-state index contributed by atoms with van der Waals surface area (Å²) in [7, 11) is 1.55. The molecule has 2 amide bonds. The Morgan fingerprint density at radius 3 is 2.17 bits per heavy atom. The molecule has 0 saturated carbocycles. The summed E-state index contributed by atoms with van der Waals surface area (Å²) in [5.74, 6) is -0.868. The Morgan fingerprint density at radius 2 is 1.59 bits per heavy atom. The number of pyridine rings is 2. The number of anilines is 3. The van der Waals surface area contributed by atoms with Crippen LogP contribution in [0.15, 0.2) is 66.8 Å². The van der Waals surface area contributed by atoms with E-state index in [1.54, 1.807) is 37.9 Å². The van der Waals surface area contributed by atoms with Crippen LogP contribution in [0, 0.1) is 0 Å². The predicted octanol–water partition coefficient (Wildman–Crippen LogP) is 2.26. The topological polar surface area (TPSA) is 78.4 Å². The first kappa shape index (κ1) is 19.2. The molecule has 7 nitrogen and oxygen atoms in total. The third-order valence-corrected chi connectivity index (χ3v) is 6.78. The SMILES string of the molecule is CN1C(=O)/C(=C/c2ccc(N(c3ccncc3)c3ccncc3)[se]2)C(=O)NC1=S. The van der Waals surface area contributed by atoms with Crippen molar-refractivity contribution in [1.29, 1.82) is 0 Å². The van der Waals surface area contributed by atoms with Crippen LogP contribution < -0.4 is 10.2 Å². The maximum absolute atomic E-state index is 12.4. The van der Waals surface area contributed by atoms with E-state index in [1.165, 1.54) is 4.90 Å². The van der Waals surface area contributed by atoms with Gasteiger partial charge in [-0.2, -0.15) is 0 Å². The Kier molecular flexibility index (Phi) is 5.35. The molecule has 29 heavy (non-hydrogen) atoms. The zero-order valence-corrected chi connectivity index (χ0v) is 17.8. The van der Waals surface area contributed by atoms with Crippen LogP contribution in [0.4, 0.5) is 15.9 Å². The number of carbonyl (C=O) groups excluding carboxylic acids is 2. The molecule has 144 valence electrons. The van der Waals surface area contributed by atoms with Crippen molar-refractivity contribution in [2.24, 2.45) is 0 Å². The van der Waals surface area contributed by atoms with Gasteiger partial charge in [0.25, 0.3) is 0 Å². The summed E-state index contributed by atoms with van der Waals surface area (Å²) in [6, 6.07) is 11.7. The van der Waals surface area contributed by atoms with E-state index in [1.807, 2.05) is 36.4 Å². The number of hydrogen-bond acceptors (Lipinski definition) is 6. The van der Waals surface area contributed by atoms with Crippen molar-refractivity contribution in [3.8, 4) is 0 Å². The van der Waals surface area contributed by atoms with Gasteiger partial charge in [-0.3, -0.25) is 0 Å². The number of aromatic nitrogens is 2. The molecule has 4 heterocycles. The molecule has 0 radical (unpaired) electrons. The number of nitrogens with zero attached hydrogens (tertiary/aromatic N) is 4. The summed E-state index contributed by atoms with van der Waals surface area (Å²) >= 11 is 4.87. The average Bonchev–Trinajstić information content (AvgIpc) is 3.19. The number of hydrogen-bond donors (Lipinski definition) is 1. The first-order chi connectivity index (χ1) is 14.0. The van der Waals surface area contributed by atoms with Gasteiger partial charge >= 0.3 is 179 Å². The van der Waals surface area contributed by atoms with Gasteiger partial charge in [-0.25, -0.2) is 0 Å². The molecular weight excluding hydrogens is 453 g/mol. The Balaban J connectivity index is 1.72. The van der Waals surface area contributed by atoms with Gasteiger partial charge in [0.1, 0.15) is 0 Å². The molecule has 1 saturated heterocycles. The van der Waals surface area contributed by atoms with Gasteiger partial charge in [-0.15, -0.1) is 0 Å². The van der Waals surface area contributed by atoms with Crippen molar-refractivity contribution in [3.63, 3.8) is 0 Å². The van der Waals surface area contributed by atoms with Gasteiger partial charge in [0.05, 0.1) is 0 Å². The molecule has 1 N–H and O–H groups in total. The third-order valence-electron chi connectivity index (χ3n) is 4.27. The minimum atomic E-state index is -0.469. The Bertz CT molecular complexity index is 1070. The molecular formula is C20H15N5O2SSe. The molecule has 0 aromatic carbocycles. The summed E-state index contributed by atoms with van der Waals surface area (Å²) < 4.78 is 1.98. The Hall–Kier alpha value is -3.13. The number of nitrogens with one attached hydrogen (secondary N) is 1. The van der Waals surface area contributed by atoms with E-state index in [9.17, 15) is 9.59 Å². The minimum absolute atomic E-state index is 0.0863. The quantitative estimate of drug-likeness (QED) is 0.274. The summed E-state index contributed by atoms with van der Waals surface area (Å²) in [4.78, 5) is 36.2. The summed E-state index contributed by atoms with van der Waals surface area (Å²) in [5.41, 5.74) is 2.03. The van der Waals surface area contributed by atoms with E-state index < -0.39 is 11.8 Å². The first-order valence-corrected chi connectivity index (χ1v) is 10.7. The molecule has 9 heteroatoms. The molecule has 0 bridgehead atoms. The fourth-order valence-corrected chi connectivity index (χ4v) is 5.08. The zero-order valence-electron chi connectivity index (χ0n) is 15.3. The van der Waals surface area contributed by atoms with Gasteiger partial charge in [0, 0.05) is 0 Å². The summed E-state index contributed by atoms with van der Waals surface area (Å²) in [5, 5.41) is 2.65.